The van der Waals surface area contributed by atoms with E-state index < -0.39 is 21.4 Å². The van der Waals surface area contributed by atoms with E-state index in [0.29, 0.717) is 27.1 Å². The normalized spacial score (nSPS) is 16.7. The first-order valence-electron chi connectivity index (χ1n) is 15.5. The Morgan fingerprint density at radius 3 is 2.19 bits per heavy atom. The Morgan fingerprint density at radius 2 is 1.62 bits per heavy atom. The molecule has 2 aliphatic rings. The molecular formula is C32H36ClF4N5O4S. The van der Waals surface area contributed by atoms with Gasteiger partial charge in [-0.25, -0.2) is 12.8 Å². The fraction of sp³-hybridized carbons (Fsp3) is 0.469. The van der Waals surface area contributed by atoms with Crippen molar-refractivity contribution in [1.82, 2.24) is 24.3 Å². The Balaban J connectivity index is 0.000000483. The third-order valence-corrected chi connectivity index (χ3v) is 10.5. The molecule has 9 nitrogen and oxygen atoms in total. The summed E-state index contributed by atoms with van der Waals surface area (Å²) in [7, 11) is -6.09. The van der Waals surface area contributed by atoms with Crippen molar-refractivity contribution in [2.75, 3.05) is 39.3 Å². The summed E-state index contributed by atoms with van der Waals surface area (Å²) in [6, 6.07) is 11.7. The zero-order valence-electron chi connectivity index (χ0n) is 26.3. The monoisotopic (exact) mass is 697 g/mol. The van der Waals surface area contributed by atoms with Gasteiger partial charge in [-0.3, -0.25) is 14.4 Å². The highest BCUT2D eigenvalue weighted by Gasteiger charge is 2.45. The molecule has 0 radical (unpaired) electrons. The predicted octanol–water partition coefficient (Wildman–Crippen LogP) is 7.06. The second-order valence-electron chi connectivity index (χ2n) is 11.9. The minimum atomic E-state index is -6.09. The molecule has 4 aromatic rings. The van der Waals surface area contributed by atoms with E-state index >= 15 is 4.39 Å². The number of ether oxygens (including phenoxy) is 1. The average Bonchev–Trinajstić information content (AvgIpc) is 3.62. The number of halogens is 5. The number of benzene rings is 2. The first-order valence-corrected chi connectivity index (χ1v) is 17.3. The Kier molecular flexibility index (Phi) is 10.0. The lowest BCUT2D eigenvalue weighted by molar-refractivity contribution is -0.0517. The molecule has 2 saturated heterocycles. The van der Waals surface area contributed by atoms with Gasteiger partial charge < -0.3 is 9.29 Å². The number of pyridine rings is 1. The van der Waals surface area contributed by atoms with Crippen LogP contribution in [0.15, 0.2) is 42.6 Å². The van der Waals surface area contributed by atoms with E-state index in [1.165, 1.54) is 12.8 Å². The molecule has 0 unspecified atom stereocenters. The molecule has 15 heteroatoms. The maximum atomic E-state index is 16.6. The lowest BCUT2D eigenvalue weighted by atomic mass is 9.95. The van der Waals surface area contributed by atoms with Crippen LogP contribution in [0.5, 0.6) is 6.01 Å². The van der Waals surface area contributed by atoms with E-state index in [2.05, 4.69) is 30.7 Å². The van der Waals surface area contributed by atoms with Crippen LogP contribution >= 0.6 is 11.6 Å². The van der Waals surface area contributed by atoms with Gasteiger partial charge in [0.05, 0.1) is 25.2 Å². The minimum Gasteiger partial charge on any atom is -0.741 e. The van der Waals surface area contributed by atoms with E-state index in [1.807, 2.05) is 36.4 Å². The molecule has 2 aromatic carbocycles. The van der Waals surface area contributed by atoms with Gasteiger partial charge in [-0.1, -0.05) is 41.9 Å². The Hall–Kier alpha value is -3.17. The number of aromatic nitrogens is 3. The van der Waals surface area contributed by atoms with Gasteiger partial charge in [0.2, 0.25) is 5.82 Å². The molecule has 6 rings (SSSR count). The highest BCUT2D eigenvalue weighted by atomic mass is 35.5. The summed E-state index contributed by atoms with van der Waals surface area (Å²) < 4.78 is 82.4. The maximum Gasteiger partial charge on any atom is 0.485 e. The summed E-state index contributed by atoms with van der Waals surface area (Å²) >= 11 is 6.59. The van der Waals surface area contributed by atoms with Crippen LogP contribution in [0, 0.1) is 5.82 Å². The fourth-order valence-corrected chi connectivity index (χ4v) is 7.19. The minimum absolute atomic E-state index is 0.0480. The lowest BCUT2D eigenvalue weighted by Crippen LogP contribution is -2.49. The van der Waals surface area contributed by atoms with Gasteiger partial charge in [0.1, 0.15) is 23.2 Å². The summed E-state index contributed by atoms with van der Waals surface area (Å²) in [6.07, 6.45) is 6.34. The molecule has 4 heterocycles. The van der Waals surface area contributed by atoms with Crippen molar-refractivity contribution >= 4 is 49.2 Å². The van der Waals surface area contributed by atoms with Gasteiger partial charge in [-0.2, -0.15) is 18.2 Å². The van der Waals surface area contributed by atoms with Crippen LogP contribution in [-0.4, -0.2) is 83.2 Å². The first kappa shape index (κ1) is 35.1. The molecule has 0 amide bonds. The molecule has 0 bridgehead atoms. The van der Waals surface area contributed by atoms with Gasteiger partial charge in [0, 0.05) is 22.2 Å². The smallest absolute Gasteiger partial charge is 0.485 e. The van der Waals surface area contributed by atoms with Crippen LogP contribution in [0.3, 0.4) is 0 Å². The molecule has 47 heavy (non-hydrogen) atoms. The molecule has 2 aliphatic heterocycles. The topological polar surface area (TPSA) is 108 Å². The molecule has 2 fully saturated rings. The van der Waals surface area contributed by atoms with Crippen molar-refractivity contribution in [2.45, 2.75) is 57.5 Å². The van der Waals surface area contributed by atoms with Gasteiger partial charge >= 0.3 is 11.5 Å². The van der Waals surface area contributed by atoms with E-state index in [4.69, 9.17) is 39.3 Å². The third-order valence-electron chi connectivity index (χ3n) is 9.58. The standard InChI is InChI=1S/C31H36ClFN5O.CHF3O3S/c1-4-38(5-2,6-3)29-23-19-34-27(22-13-7-11-21-12-8-14-24(32)25(21)22)26(33)28(23)35-30(36-29)39-20-31-15-9-17-37(31)18-10-16-31;2-1(3,4)8(5,6)7/h7-8,11-14,19H,4-6,9-10,15-18,20H2,1-3H3;(H,5,6,7)/q+1;/p-1. The number of hydrogen-bond donors (Lipinski definition) is 0. The zero-order valence-corrected chi connectivity index (χ0v) is 27.9. The van der Waals surface area contributed by atoms with Gasteiger partial charge in [-0.05, 0) is 71.0 Å². The number of quaternary nitrogens is 1. The molecule has 2 aromatic heterocycles. The number of alkyl halides is 3. The van der Waals surface area contributed by atoms with Crippen LogP contribution in [0.1, 0.15) is 46.5 Å². The number of nitrogens with zero attached hydrogens (tertiary/aromatic N) is 5. The third kappa shape index (κ3) is 6.62. The average molecular weight is 698 g/mol. The molecule has 0 spiro atoms. The van der Waals surface area contributed by atoms with E-state index in [-0.39, 0.29) is 22.8 Å². The fourth-order valence-electron chi connectivity index (χ4n) is 6.91. The molecule has 254 valence electrons. The lowest BCUT2D eigenvalue weighted by Gasteiger charge is -2.35. The Labute approximate surface area is 275 Å². The molecule has 0 N–H and O–H groups in total. The summed E-state index contributed by atoms with van der Waals surface area (Å²) in [5.74, 6) is 0.292. The van der Waals surface area contributed by atoms with Crippen molar-refractivity contribution < 1.29 is 35.3 Å². The van der Waals surface area contributed by atoms with Crippen LogP contribution in [0.4, 0.5) is 23.4 Å². The molecule has 0 aliphatic carbocycles. The SMILES string of the molecule is CC[N+](CC)(CC)c1nc(OCC23CCCN2CCC3)nc2c(F)c(-c3cccc4cccc(Cl)c34)ncc12.O=S(=O)([O-])C(F)(F)F. The number of rotatable bonds is 8. The second kappa shape index (κ2) is 13.4. The van der Waals surface area contributed by atoms with Crippen LogP contribution in [-0.2, 0) is 10.1 Å². The molecular weight excluding hydrogens is 662 g/mol. The highest BCUT2D eigenvalue weighted by molar-refractivity contribution is 7.86. The maximum absolute atomic E-state index is 16.6. The summed E-state index contributed by atoms with van der Waals surface area (Å²) in [4.78, 5) is 16.9. The quantitative estimate of drug-likeness (QED) is 0.0834. The van der Waals surface area contributed by atoms with E-state index in [0.717, 1.165) is 62.2 Å². The van der Waals surface area contributed by atoms with Crippen LogP contribution in [0.2, 0.25) is 5.02 Å². The first-order chi connectivity index (χ1) is 22.2. The van der Waals surface area contributed by atoms with Crippen LogP contribution in [0.25, 0.3) is 32.9 Å². The largest absolute Gasteiger partial charge is 0.741 e. The van der Waals surface area contributed by atoms with E-state index in [1.54, 1.807) is 6.20 Å². The van der Waals surface area contributed by atoms with Crippen molar-refractivity contribution in [3.63, 3.8) is 0 Å². The van der Waals surface area contributed by atoms with Gasteiger partial charge in [0.25, 0.3) is 0 Å². The van der Waals surface area contributed by atoms with Crippen molar-refractivity contribution in [3.05, 3.63) is 53.4 Å². The van der Waals surface area contributed by atoms with Crippen LogP contribution < -0.4 is 9.22 Å². The van der Waals surface area contributed by atoms with E-state index in [9.17, 15) is 13.2 Å². The molecule has 0 saturated carbocycles. The Morgan fingerprint density at radius 1 is 1.02 bits per heavy atom. The summed E-state index contributed by atoms with van der Waals surface area (Å²) in [5, 5.41) is 2.90. The van der Waals surface area contributed by atoms with Crippen molar-refractivity contribution in [2.24, 2.45) is 0 Å². The molecule has 0 atom stereocenters. The highest BCUT2D eigenvalue weighted by Crippen LogP contribution is 2.41. The summed E-state index contributed by atoms with van der Waals surface area (Å²) in [5.41, 5.74) is -4.47. The predicted molar refractivity (Wildman–Crippen MR) is 173 cm³/mol. The van der Waals surface area contributed by atoms with Crippen molar-refractivity contribution in [1.29, 1.82) is 0 Å². The second-order valence-corrected chi connectivity index (χ2v) is 13.6. The zero-order chi connectivity index (χ0) is 34.2. The number of hydrogen-bond acceptors (Lipinski definition) is 8. The van der Waals surface area contributed by atoms with Crippen molar-refractivity contribution in [3.8, 4) is 17.3 Å². The Bertz CT molecular complexity index is 1870. The number of fused-ring (bicyclic) bond motifs is 3. The summed E-state index contributed by atoms with van der Waals surface area (Å²) in [6.45, 7) is 11.7. The van der Waals surface area contributed by atoms with Gasteiger partial charge in [0.15, 0.2) is 15.9 Å². The van der Waals surface area contributed by atoms with Gasteiger partial charge in [-0.15, -0.1) is 4.98 Å².